The van der Waals surface area contributed by atoms with E-state index in [1.807, 2.05) is 48.5 Å². The second-order valence-corrected chi connectivity index (χ2v) is 8.35. The zero-order chi connectivity index (χ0) is 21.4. The van der Waals surface area contributed by atoms with Gasteiger partial charge in [-0.1, -0.05) is 29.8 Å². The van der Waals surface area contributed by atoms with E-state index in [-0.39, 0.29) is 5.92 Å². The number of aromatic nitrogens is 6. The van der Waals surface area contributed by atoms with Crippen LogP contribution in [0.1, 0.15) is 52.8 Å². The number of nitrogens with zero attached hydrogens (tertiary/aromatic N) is 6. The molecule has 0 bridgehead atoms. The van der Waals surface area contributed by atoms with Crippen molar-refractivity contribution in [1.82, 2.24) is 29.3 Å². The summed E-state index contributed by atoms with van der Waals surface area (Å²) in [4.78, 5) is 13.4. The lowest BCUT2D eigenvalue weighted by atomic mass is 9.92. The van der Waals surface area contributed by atoms with Crippen LogP contribution < -0.4 is 0 Å². The van der Waals surface area contributed by atoms with Crippen molar-refractivity contribution in [2.45, 2.75) is 39.2 Å². The Labute approximate surface area is 186 Å². The van der Waals surface area contributed by atoms with E-state index in [1.54, 1.807) is 0 Å². The average Bonchev–Trinajstić information content (AvgIpc) is 3.38. The van der Waals surface area contributed by atoms with Gasteiger partial charge in [0.25, 0.3) is 0 Å². The van der Waals surface area contributed by atoms with Crippen molar-refractivity contribution in [2.24, 2.45) is 0 Å². The summed E-state index contributed by atoms with van der Waals surface area (Å²) in [6.45, 7) is 5.00. The van der Waals surface area contributed by atoms with Crippen LogP contribution >= 0.6 is 11.6 Å². The van der Waals surface area contributed by atoms with Crippen LogP contribution in [0.2, 0.25) is 5.15 Å². The minimum absolute atomic E-state index is 0.202. The number of benzene rings is 1. The zero-order valence-corrected chi connectivity index (χ0v) is 18.3. The Morgan fingerprint density at radius 1 is 1.10 bits per heavy atom. The van der Waals surface area contributed by atoms with Crippen LogP contribution in [0.3, 0.4) is 0 Å². The maximum absolute atomic E-state index is 5.95. The lowest BCUT2D eigenvalue weighted by molar-refractivity contribution is 0.445. The van der Waals surface area contributed by atoms with Crippen LogP contribution in [0, 0.1) is 13.8 Å². The highest BCUT2D eigenvalue weighted by Crippen LogP contribution is 2.32. The Morgan fingerprint density at radius 2 is 2.00 bits per heavy atom. The Kier molecular flexibility index (Phi) is 5.16. The molecule has 5 rings (SSSR count). The summed E-state index contributed by atoms with van der Waals surface area (Å²) in [5, 5.41) is 5.22. The topological polar surface area (TPSA) is 61.4 Å². The molecule has 1 aliphatic rings. The van der Waals surface area contributed by atoms with Gasteiger partial charge in [0.05, 0.1) is 12.0 Å². The molecule has 0 spiro atoms. The molecule has 1 aliphatic heterocycles. The smallest absolute Gasteiger partial charge is 0.174 e. The standard InChI is InChI=1S/C24H23ClN6/c1-16-12-18(5-8-21(16)30-14-17(2)27-15-30)6-10-23-28-24-20(4-3-11-31(24)29-23)19-7-9-22(25)26-13-19/h5-10,12-15,20H,3-4,11H2,1-2H3/b10-6+/t20-/m0/s1. The predicted molar refractivity (Wildman–Crippen MR) is 122 cm³/mol. The first-order valence-corrected chi connectivity index (χ1v) is 10.8. The van der Waals surface area contributed by atoms with Crippen LogP contribution in [-0.2, 0) is 6.54 Å². The van der Waals surface area contributed by atoms with E-state index >= 15 is 0 Å². The second-order valence-electron chi connectivity index (χ2n) is 7.96. The molecular formula is C24H23ClN6. The van der Waals surface area contributed by atoms with E-state index in [4.69, 9.17) is 21.7 Å². The third-order valence-corrected chi connectivity index (χ3v) is 5.90. The third kappa shape index (κ3) is 4.03. The largest absolute Gasteiger partial charge is 0.306 e. The molecule has 7 heteroatoms. The fourth-order valence-corrected chi connectivity index (χ4v) is 4.26. The molecule has 0 N–H and O–H groups in total. The van der Waals surface area contributed by atoms with E-state index in [1.165, 1.54) is 5.56 Å². The summed E-state index contributed by atoms with van der Waals surface area (Å²) in [5.41, 5.74) is 5.57. The van der Waals surface area contributed by atoms with Crippen molar-refractivity contribution in [2.75, 3.05) is 0 Å². The van der Waals surface area contributed by atoms with Crippen LogP contribution in [0.15, 0.2) is 49.1 Å². The van der Waals surface area contributed by atoms with Gasteiger partial charge in [0.15, 0.2) is 5.82 Å². The quantitative estimate of drug-likeness (QED) is 0.416. The lowest BCUT2D eigenvalue weighted by Gasteiger charge is -2.22. The first kappa shape index (κ1) is 19.7. The number of fused-ring (bicyclic) bond motifs is 1. The molecule has 0 unspecified atom stereocenters. The molecule has 1 aromatic carbocycles. The summed E-state index contributed by atoms with van der Waals surface area (Å²) in [5.74, 6) is 1.93. The molecule has 0 aliphatic carbocycles. The van der Waals surface area contributed by atoms with Gasteiger partial charge in [0, 0.05) is 30.5 Å². The first-order chi connectivity index (χ1) is 15.1. The van der Waals surface area contributed by atoms with E-state index in [9.17, 15) is 0 Å². The van der Waals surface area contributed by atoms with Gasteiger partial charge in [-0.15, -0.1) is 0 Å². The molecule has 0 radical (unpaired) electrons. The highest BCUT2D eigenvalue weighted by molar-refractivity contribution is 6.29. The van der Waals surface area contributed by atoms with Crippen LogP contribution in [0.25, 0.3) is 17.8 Å². The van der Waals surface area contributed by atoms with Crippen molar-refractivity contribution in [3.8, 4) is 5.69 Å². The van der Waals surface area contributed by atoms with Crippen molar-refractivity contribution < 1.29 is 0 Å². The van der Waals surface area contributed by atoms with Gasteiger partial charge >= 0.3 is 0 Å². The molecule has 0 saturated carbocycles. The molecule has 4 aromatic rings. The summed E-state index contributed by atoms with van der Waals surface area (Å²) in [6.07, 6.45) is 11.9. The van der Waals surface area contributed by atoms with E-state index in [0.717, 1.165) is 53.5 Å². The molecule has 6 nitrogen and oxygen atoms in total. The molecule has 0 fully saturated rings. The molecular weight excluding hydrogens is 408 g/mol. The summed E-state index contributed by atoms with van der Waals surface area (Å²) >= 11 is 5.95. The zero-order valence-electron chi connectivity index (χ0n) is 17.5. The molecule has 4 heterocycles. The SMILES string of the molecule is Cc1cn(-c2ccc(/C=C/c3nc4n(n3)CCC[C@H]4c3ccc(Cl)nc3)cc2C)cn1. The van der Waals surface area contributed by atoms with Gasteiger partial charge in [0.1, 0.15) is 11.0 Å². The third-order valence-electron chi connectivity index (χ3n) is 5.68. The van der Waals surface area contributed by atoms with Crippen LogP contribution in [0.5, 0.6) is 0 Å². The number of imidazole rings is 1. The Bertz CT molecular complexity index is 1250. The fourth-order valence-electron chi connectivity index (χ4n) is 4.14. The van der Waals surface area contributed by atoms with Gasteiger partial charge in [-0.3, -0.25) is 0 Å². The summed E-state index contributed by atoms with van der Waals surface area (Å²) in [7, 11) is 0. The number of hydrogen-bond donors (Lipinski definition) is 0. The molecule has 3 aromatic heterocycles. The first-order valence-electron chi connectivity index (χ1n) is 10.4. The molecule has 31 heavy (non-hydrogen) atoms. The summed E-state index contributed by atoms with van der Waals surface area (Å²) < 4.78 is 4.08. The van der Waals surface area contributed by atoms with E-state index in [0.29, 0.717) is 5.15 Å². The Morgan fingerprint density at radius 3 is 2.74 bits per heavy atom. The van der Waals surface area contributed by atoms with Gasteiger partial charge in [0.2, 0.25) is 0 Å². The van der Waals surface area contributed by atoms with Gasteiger partial charge < -0.3 is 4.57 Å². The maximum atomic E-state index is 5.95. The van der Waals surface area contributed by atoms with Gasteiger partial charge in [-0.25, -0.2) is 19.6 Å². The van der Waals surface area contributed by atoms with Crippen molar-refractivity contribution in [3.05, 3.63) is 88.2 Å². The van der Waals surface area contributed by atoms with E-state index in [2.05, 4.69) is 45.7 Å². The van der Waals surface area contributed by atoms with Gasteiger partial charge in [-0.2, -0.15) is 5.10 Å². The highest BCUT2D eigenvalue weighted by Gasteiger charge is 2.25. The second kappa shape index (κ2) is 8.12. The normalized spacial score (nSPS) is 16.0. The van der Waals surface area contributed by atoms with Crippen molar-refractivity contribution >= 4 is 23.8 Å². The van der Waals surface area contributed by atoms with Crippen LogP contribution in [0.4, 0.5) is 0 Å². The van der Waals surface area contributed by atoms with E-state index < -0.39 is 0 Å². The summed E-state index contributed by atoms with van der Waals surface area (Å²) in [6, 6.07) is 10.3. The van der Waals surface area contributed by atoms with Crippen LogP contribution in [-0.4, -0.2) is 29.3 Å². The number of halogens is 1. The minimum Gasteiger partial charge on any atom is -0.306 e. The Balaban J connectivity index is 1.38. The average molecular weight is 431 g/mol. The fraction of sp³-hybridized carbons (Fsp3) is 0.250. The number of aryl methyl sites for hydroxylation is 3. The molecule has 156 valence electrons. The maximum Gasteiger partial charge on any atom is 0.174 e. The highest BCUT2D eigenvalue weighted by atomic mass is 35.5. The van der Waals surface area contributed by atoms with Crippen molar-refractivity contribution in [3.63, 3.8) is 0 Å². The minimum atomic E-state index is 0.202. The molecule has 0 amide bonds. The lowest BCUT2D eigenvalue weighted by Crippen LogP contribution is -2.18. The molecule has 0 saturated heterocycles. The molecule has 1 atom stereocenters. The number of rotatable bonds is 4. The predicted octanol–water partition coefficient (Wildman–Crippen LogP) is 5.23. The number of hydrogen-bond acceptors (Lipinski definition) is 4. The number of pyridine rings is 1. The Hall–Kier alpha value is -3.25. The van der Waals surface area contributed by atoms with Gasteiger partial charge in [-0.05, 0) is 67.7 Å². The monoisotopic (exact) mass is 430 g/mol. The van der Waals surface area contributed by atoms with Crippen molar-refractivity contribution in [1.29, 1.82) is 0 Å².